The van der Waals surface area contributed by atoms with Crippen molar-refractivity contribution in [2.24, 2.45) is 0 Å². The first-order valence-electron chi connectivity index (χ1n) is 6.87. The molecule has 21 heavy (non-hydrogen) atoms. The van der Waals surface area contributed by atoms with Crippen LogP contribution in [-0.2, 0) is 4.79 Å². The number of amides is 1. The fraction of sp³-hybridized carbons (Fsp3) is 0.333. The Morgan fingerprint density at radius 3 is 2.67 bits per heavy atom. The number of carboxylic acids is 1. The van der Waals surface area contributed by atoms with Gasteiger partial charge in [-0.25, -0.2) is 9.78 Å². The molecule has 1 aromatic heterocycles. The van der Waals surface area contributed by atoms with Crippen LogP contribution in [-0.4, -0.2) is 33.0 Å². The average molecular weight is 287 g/mol. The van der Waals surface area contributed by atoms with Crippen molar-refractivity contribution in [3.63, 3.8) is 0 Å². The second kappa shape index (κ2) is 6.78. The van der Waals surface area contributed by atoms with E-state index in [9.17, 15) is 9.59 Å². The van der Waals surface area contributed by atoms with E-state index >= 15 is 0 Å². The Hall–Kier alpha value is -2.50. The fourth-order valence-corrected chi connectivity index (χ4v) is 1.96. The molecule has 0 fully saturated rings. The molecule has 0 saturated carbocycles. The lowest BCUT2D eigenvalue weighted by Gasteiger charge is -2.13. The summed E-state index contributed by atoms with van der Waals surface area (Å²) in [6.45, 7) is 1.97. The van der Waals surface area contributed by atoms with Gasteiger partial charge in [0.1, 0.15) is 11.7 Å². The fourth-order valence-electron chi connectivity index (χ4n) is 1.96. The summed E-state index contributed by atoms with van der Waals surface area (Å²) in [7, 11) is 0. The summed E-state index contributed by atoms with van der Waals surface area (Å²) < 4.78 is 0. The second-order valence-corrected chi connectivity index (χ2v) is 4.75. The second-order valence-electron chi connectivity index (χ2n) is 4.75. The molecule has 0 aliphatic rings. The molecule has 6 nitrogen and oxygen atoms in total. The molecule has 0 aliphatic heterocycles. The topological polar surface area (TPSA) is 92.2 Å². The van der Waals surface area contributed by atoms with Crippen LogP contribution in [0.2, 0.25) is 0 Å². The average Bonchev–Trinajstić information content (AvgIpc) is 2.50. The highest BCUT2D eigenvalue weighted by molar-refractivity contribution is 5.96. The summed E-state index contributed by atoms with van der Waals surface area (Å²) in [5, 5.41) is 11.6. The predicted molar refractivity (Wildman–Crippen MR) is 78.0 cm³/mol. The maximum absolute atomic E-state index is 12.1. The van der Waals surface area contributed by atoms with Gasteiger partial charge in [0.25, 0.3) is 5.91 Å². The first kappa shape index (κ1) is 14.9. The number of carbonyl (C=O) groups excluding carboxylic acids is 1. The van der Waals surface area contributed by atoms with Gasteiger partial charge in [-0.2, -0.15) is 0 Å². The standard InChI is InChI=1S/C15H17N3O3/c1-2-3-6-12(15(20)21)18-14(19)13-9-16-10-7-4-5-8-11(10)17-13/h4-5,7-9,12H,2-3,6H2,1H3,(H,18,19)(H,20,21)/t12-/m1/s1. The number of para-hydroxylation sites is 2. The molecular formula is C15H17N3O3. The van der Waals surface area contributed by atoms with E-state index in [0.29, 0.717) is 17.5 Å². The van der Waals surface area contributed by atoms with Gasteiger partial charge in [-0.3, -0.25) is 9.78 Å². The quantitative estimate of drug-likeness (QED) is 0.847. The van der Waals surface area contributed by atoms with Gasteiger partial charge in [0, 0.05) is 0 Å². The monoisotopic (exact) mass is 287 g/mol. The van der Waals surface area contributed by atoms with E-state index in [4.69, 9.17) is 5.11 Å². The minimum absolute atomic E-state index is 0.122. The molecule has 2 N–H and O–H groups in total. The van der Waals surface area contributed by atoms with Crippen LogP contribution in [0.3, 0.4) is 0 Å². The number of benzene rings is 1. The number of aliphatic carboxylic acids is 1. The minimum atomic E-state index is -1.04. The van der Waals surface area contributed by atoms with E-state index in [1.807, 2.05) is 13.0 Å². The maximum Gasteiger partial charge on any atom is 0.326 e. The van der Waals surface area contributed by atoms with E-state index in [0.717, 1.165) is 12.8 Å². The lowest BCUT2D eigenvalue weighted by Crippen LogP contribution is -2.41. The number of fused-ring (bicyclic) bond motifs is 1. The van der Waals surface area contributed by atoms with Crippen molar-refractivity contribution in [2.45, 2.75) is 32.2 Å². The van der Waals surface area contributed by atoms with Gasteiger partial charge in [0.05, 0.1) is 17.2 Å². The molecule has 0 spiro atoms. The number of unbranched alkanes of at least 4 members (excludes halogenated alkanes) is 1. The Morgan fingerprint density at radius 1 is 1.29 bits per heavy atom. The van der Waals surface area contributed by atoms with Gasteiger partial charge in [-0.1, -0.05) is 31.9 Å². The lowest BCUT2D eigenvalue weighted by atomic mass is 10.1. The van der Waals surface area contributed by atoms with Gasteiger partial charge in [-0.15, -0.1) is 0 Å². The van der Waals surface area contributed by atoms with Gasteiger partial charge in [0.2, 0.25) is 0 Å². The summed E-state index contributed by atoms with van der Waals surface area (Å²) >= 11 is 0. The molecule has 110 valence electrons. The summed E-state index contributed by atoms with van der Waals surface area (Å²) in [6, 6.07) is 6.30. The summed E-state index contributed by atoms with van der Waals surface area (Å²) in [5.41, 5.74) is 1.41. The number of hydrogen-bond acceptors (Lipinski definition) is 4. The largest absolute Gasteiger partial charge is 0.480 e. The summed E-state index contributed by atoms with van der Waals surface area (Å²) in [6.07, 6.45) is 3.37. The van der Waals surface area contributed by atoms with Gasteiger partial charge in [0.15, 0.2) is 0 Å². The Morgan fingerprint density at radius 2 is 2.00 bits per heavy atom. The molecule has 0 radical (unpaired) electrons. The SMILES string of the molecule is CCCC[C@@H](NC(=O)c1cnc2ccccc2n1)C(=O)O. The van der Waals surface area contributed by atoms with Gasteiger partial charge in [-0.05, 0) is 18.6 Å². The van der Waals surface area contributed by atoms with Crippen molar-refractivity contribution in [3.8, 4) is 0 Å². The highest BCUT2D eigenvalue weighted by atomic mass is 16.4. The number of nitrogens with zero attached hydrogens (tertiary/aromatic N) is 2. The van der Waals surface area contributed by atoms with Crippen molar-refractivity contribution >= 4 is 22.9 Å². The number of hydrogen-bond donors (Lipinski definition) is 2. The first-order chi connectivity index (χ1) is 10.1. The molecule has 1 atom stereocenters. The zero-order valence-electron chi connectivity index (χ0n) is 11.7. The minimum Gasteiger partial charge on any atom is -0.480 e. The Bertz CT molecular complexity index is 657. The molecule has 1 amide bonds. The van der Waals surface area contributed by atoms with Crippen molar-refractivity contribution < 1.29 is 14.7 Å². The molecule has 2 rings (SSSR count). The van der Waals surface area contributed by atoms with E-state index in [2.05, 4.69) is 15.3 Å². The molecule has 0 aliphatic carbocycles. The van der Waals surface area contributed by atoms with Crippen LogP contribution in [0.25, 0.3) is 11.0 Å². The Balaban J connectivity index is 2.15. The maximum atomic E-state index is 12.1. The van der Waals surface area contributed by atoms with E-state index < -0.39 is 17.9 Å². The number of nitrogens with one attached hydrogen (secondary N) is 1. The van der Waals surface area contributed by atoms with Crippen molar-refractivity contribution in [2.75, 3.05) is 0 Å². The van der Waals surface area contributed by atoms with Gasteiger partial charge >= 0.3 is 5.97 Å². The molecule has 6 heteroatoms. The molecular weight excluding hydrogens is 270 g/mol. The number of rotatable bonds is 6. The highest BCUT2D eigenvalue weighted by Gasteiger charge is 2.20. The van der Waals surface area contributed by atoms with E-state index in [-0.39, 0.29) is 5.69 Å². The van der Waals surface area contributed by atoms with Crippen molar-refractivity contribution in [3.05, 3.63) is 36.2 Å². The third-order valence-corrected chi connectivity index (χ3v) is 3.13. The van der Waals surface area contributed by atoms with Crippen LogP contribution >= 0.6 is 0 Å². The number of carboxylic acid groups (broad SMARTS) is 1. The van der Waals surface area contributed by atoms with Crippen LogP contribution in [0, 0.1) is 0 Å². The Labute approximate surface area is 122 Å². The molecule has 1 aromatic carbocycles. The van der Waals surface area contributed by atoms with Crippen LogP contribution in [0.4, 0.5) is 0 Å². The van der Waals surface area contributed by atoms with E-state index in [1.165, 1.54) is 6.20 Å². The van der Waals surface area contributed by atoms with Crippen molar-refractivity contribution in [1.82, 2.24) is 15.3 Å². The van der Waals surface area contributed by atoms with Crippen molar-refractivity contribution in [1.29, 1.82) is 0 Å². The molecule has 0 bridgehead atoms. The third-order valence-electron chi connectivity index (χ3n) is 3.13. The Kier molecular flexibility index (Phi) is 4.81. The third kappa shape index (κ3) is 3.75. The normalized spacial score (nSPS) is 12.0. The number of carbonyl (C=O) groups is 2. The highest BCUT2D eigenvalue weighted by Crippen LogP contribution is 2.09. The molecule has 1 heterocycles. The first-order valence-corrected chi connectivity index (χ1v) is 6.87. The van der Waals surface area contributed by atoms with Crippen LogP contribution in [0.5, 0.6) is 0 Å². The lowest BCUT2D eigenvalue weighted by molar-refractivity contribution is -0.139. The van der Waals surface area contributed by atoms with Gasteiger partial charge < -0.3 is 10.4 Å². The number of aromatic nitrogens is 2. The molecule has 0 saturated heterocycles. The smallest absolute Gasteiger partial charge is 0.326 e. The summed E-state index contributed by atoms with van der Waals surface area (Å²) in [4.78, 5) is 31.6. The summed E-state index contributed by atoms with van der Waals surface area (Å²) in [5.74, 6) is -1.55. The zero-order valence-corrected chi connectivity index (χ0v) is 11.7. The molecule has 2 aromatic rings. The van der Waals surface area contributed by atoms with E-state index in [1.54, 1.807) is 18.2 Å². The van der Waals surface area contributed by atoms with Crippen LogP contribution < -0.4 is 5.32 Å². The molecule has 0 unspecified atom stereocenters. The van der Waals surface area contributed by atoms with Crippen LogP contribution in [0.1, 0.15) is 36.7 Å². The predicted octanol–water partition coefficient (Wildman–Crippen LogP) is 2.00. The van der Waals surface area contributed by atoms with Crippen LogP contribution in [0.15, 0.2) is 30.5 Å². The zero-order chi connectivity index (χ0) is 15.2.